The predicted octanol–water partition coefficient (Wildman–Crippen LogP) is 1.70. The number of rotatable bonds is 3. The van der Waals surface area contributed by atoms with Crippen molar-refractivity contribution in [3.8, 4) is 0 Å². The summed E-state index contributed by atoms with van der Waals surface area (Å²) in [5.41, 5.74) is 2.16. The number of benzene rings is 1. The minimum Gasteiger partial charge on any atom is -0.324 e. The van der Waals surface area contributed by atoms with Crippen LogP contribution in [0.25, 0.3) is 11.0 Å². The molecule has 78 valence electrons. The molecule has 0 atom stereocenters. The van der Waals surface area contributed by atoms with Crippen LogP contribution < -0.4 is 5.32 Å². The molecule has 2 N–H and O–H groups in total. The van der Waals surface area contributed by atoms with Crippen LogP contribution in [0.4, 0.5) is 5.69 Å². The van der Waals surface area contributed by atoms with Crippen molar-refractivity contribution in [1.82, 2.24) is 15.4 Å². The van der Waals surface area contributed by atoms with Gasteiger partial charge >= 0.3 is 0 Å². The lowest BCUT2D eigenvalue weighted by atomic mass is 10.2. The Hall–Kier alpha value is -1.91. The quantitative estimate of drug-likeness (QED) is 0.799. The number of carbonyl (C=O) groups is 1. The first-order valence-electron chi connectivity index (χ1n) is 4.90. The smallest absolute Gasteiger partial charge is 0.224 e. The molecule has 0 fully saturated rings. The van der Waals surface area contributed by atoms with Crippen molar-refractivity contribution < 1.29 is 4.79 Å². The van der Waals surface area contributed by atoms with Crippen LogP contribution in [0, 0.1) is 0 Å². The average molecular weight is 204 g/mol. The minimum atomic E-state index is 0.00741. The minimum absolute atomic E-state index is 0.00741. The highest BCUT2D eigenvalue weighted by Gasteiger charge is 2.06. The molecule has 0 aliphatic carbocycles. The average Bonchev–Trinajstić information content (AvgIpc) is 2.67. The summed E-state index contributed by atoms with van der Waals surface area (Å²) >= 11 is 0. The van der Waals surface area contributed by atoms with Gasteiger partial charge in [-0.05, 0) is 18.6 Å². The Labute approximate surface area is 86.9 Å². The summed E-state index contributed by atoms with van der Waals surface area (Å²) in [4.78, 5) is 11.4. The number of aromatic amines is 1. The first kappa shape index (κ1) is 9.64. The third-order valence-corrected chi connectivity index (χ3v) is 2.10. The maximum absolute atomic E-state index is 11.4. The number of para-hydroxylation sites is 1. The third-order valence-electron chi connectivity index (χ3n) is 2.10. The van der Waals surface area contributed by atoms with E-state index in [0.29, 0.717) is 17.6 Å². The van der Waals surface area contributed by atoms with Crippen molar-refractivity contribution in [2.75, 3.05) is 5.32 Å². The normalized spacial score (nSPS) is 10.5. The van der Waals surface area contributed by atoms with E-state index >= 15 is 0 Å². The molecule has 1 amide bonds. The van der Waals surface area contributed by atoms with Crippen LogP contribution in [0.2, 0.25) is 0 Å². The van der Waals surface area contributed by atoms with Gasteiger partial charge in [-0.25, -0.2) is 0 Å². The number of H-pyrrole nitrogens is 1. The predicted molar refractivity (Wildman–Crippen MR) is 57.4 cm³/mol. The first-order chi connectivity index (χ1) is 7.31. The molecule has 5 nitrogen and oxygen atoms in total. The number of fused-ring (bicyclic) bond motifs is 1. The Bertz CT molecular complexity index is 477. The van der Waals surface area contributed by atoms with Gasteiger partial charge in [-0.3, -0.25) is 4.79 Å². The van der Waals surface area contributed by atoms with Crippen LogP contribution in [0.1, 0.15) is 19.8 Å². The zero-order chi connectivity index (χ0) is 10.7. The van der Waals surface area contributed by atoms with Crippen molar-refractivity contribution >= 4 is 22.6 Å². The number of anilines is 1. The molecule has 2 rings (SSSR count). The van der Waals surface area contributed by atoms with Gasteiger partial charge in [-0.2, -0.15) is 15.4 Å². The summed E-state index contributed by atoms with van der Waals surface area (Å²) in [6, 6.07) is 5.50. The van der Waals surface area contributed by atoms with Gasteiger partial charge in [0.2, 0.25) is 5.91 Å². The van der Waals surface area contributed by atoms with Crippen LogP contribution in [0.15, 0.2) is 18.2 Å². The van der Waals surface area contributed by atoms with Gasteiger partial charge in [-0.15, -0.1) is 0 Å². The van der Waals surface area contributed by atoms with Gasteiger partial charge < -0.3 is 5.32 Å². The number of nitrogens with one attached hydrogen (secondary N) is 2. The summed E-state index contributed by atoms with van der Waals surface area (Å²) in [5, 5.41) is 13.3. The van der Waals surface area contributed by atoms with E-state index in [2.05, 4.69) is 20.7 Å². The summed E-state index contributed by atoms with van der Waals surface area (Å²) in [5.74, 6) is 0.00741. The fourth-order valence-electron chi connectivity index (χ4n) is 1.41. The lowest BCUT2D eigenvalue weighted by molar-refractivity contribution is -0.116. The van der Waals surface area contributed by atoms with Gasteiger partial charge in [0.05, 0.1) is 5.69 Å². The van der Waals surface area contributed by atoms with Crippen LogP contribution in [-0.4, -0.2) is 21.3 Å². The maximum atomic E-state index is 11.4. The van der Waals surface area contributed by atoms with Crippen molar-refractivity contribution in [2.45, 2.75) is 19.8 Å². The first-order valence-corrected chi connectivity index (χ1v) is 4.90. The second-order valence-corrected chi connectivity index (χ2v) is 3.30. The van der Waals surface area contributed by atoms with Gasteiger partial charge in [-0.1, -0.05) is 13.0 Å². The fraction of sp³-hybridized carbons (Fsp3) is 0.300. The fourth-order valence-corrected chi connectivity index (χ4v) is 1.41. The Morgan fingerprint density at radius 1 is 1.47 bits per heavy atom. The molecule has 0 unspecified atom stereocenters. The van der Waals surface area contributed by atoms with E-state index < -0.39 is 0 Å². The zero-order valence-corrected chi connectivity index (χ0v) is 8.45. The van der Waals surface area contributed by atoms with Gasteiger partial charge in [0.15, 0.2) is 0 Å². The van der Waals surface area contributed by atoms with E-state index in [1.54, 1.807) is 0 Å². The van der Waals surface area contributed by atoms with Crippen LogP contribution in [0.5, 0.6) is 0 Å². The standard InChI is InChI=1S/C10H12N4O/c1-2-4-9(15)11-7-5-3-6-8-10(7)13-14-12-8/h3,5-6H,2,4H2,1H3,(H,11,15)(H,12,13,14). The highest BCUT2D eigenvalue weighted by atomic mass is 16.1. The van der Waals surface area contributed by atoms with Crippen LogP contribution in [-0.2, 0) is 4.79 Å². The molecule has 1 aromatic carbocycles. The summed E-state index contributed by atoms with van der Waals surface area (Å²) < 4.78 is 0. The number of carbonyl (C=O) groups excluding carboxylic acids is 1. The largest absolute Gasteiger partial charge is 0.324 e. The molecule has 1 aromatic heterocycles. The Balaban J connectivity index is 2.27. The van der Waals surface area contributed by atoms with Gasteiger partial charge in [0, 0.05) is 6.42 Å². The number of nitrogens with zero attached hydrogens (tertiary/aromatic N) is 2. The van der Waals surface area contributed by atoms with Crippen molar-refractivity contribution in [2.24, 2.45) is 0 Å². The topological polar surface area (TPSA) is 70.7 Å². The molecule has 15 heavy (non-hydrogen) atoms. The van der Waals surface area contributed by atoms with E-state index in [9.17, 15) is 4.79 Å². The molecule has 0 aliphatic heterocycles. The van der Waals surface area contributed by atoms with E-state index in [1.807, 2.05) is 25.1 Å². The van der Waals surface area contributed by atoms with Crippen LogP contribution in [0.3, 0.4) is 0 Å². The van der Waals surface area contributed by atoms with E-state index in [-0.39, 0.29) is 5.91 Å². The van der Waals surface area contributed by atoms with Crippen LogP contribution >= 0.6 is 0 Å². The summed E-state index contributed by atoms with van der Waals surface area (Å²) in [6.45, 7) is 1.97. The molecular formula is C10H12N4O. The number of hydrogen-bond acceptors (Lipinski definition) is 3. The van der Waals surface area contributed by atoms with E-state index in [1.165, 1.54) is 0 Å². The molecule has 0 aliphatic rings. The molecular weight excluding hydrogens is 192 g/mol. The monoisotopic (exact) mass is 204 g/mol. The maximum Gasteiger partial charge on any atom is 0.224 e. The molecule has 0 spiro atoms. The van der Waals surface area contributed by atoms with Crippen molar-refractivity contribution in [3.05, 3.63) is 18.2 Å². The second kappa shape index (κ2) is 4.08. The molecule has 0 bridgehead atoms. The highest BCUT2D eigenvalue weighted by Crippen LogP contribution is 2.18. The van der Waals surface area contributed by atoms with Crippen molar-refractivity contribution in [3.63, 3.8) is 0 Å². The Morgan fingerprint density at radius 2 is 2.33 bits per heavy atom. The van der Waals surface area contributed by atoms with E-state index in [0.717, 1.165) is 11.9 Å². The number of aromatic nitrogens is 3. The summed E-state index contributed by atoms with van der Waals surface area (Å²) in [7, 11) is 0. The molecule has 0 radical (unpaired) electrons. The lowest BCUT2D eigenvalue weighted by Gasteiger charge is -2.03. The Morgan fingerprint density at radius 3 is 3.13 bits per heavy atom. The molecule has 1 heterocycles. The molecule has 2 aromatic rings. The van der Waals surface area contributed by atoms with Gasteiger partial charge in [0.1, 0.15) is 11.0 Å². The zero-order valence-electron chi connectivity index (χ0n) is 8.45. The van der Waals surface area contributed by atoms with Gasteiger partial charge in [0.25, 0.3) is 0 Å². The molecule has 0 saturated carbocycles. The van der Waals surface area contributed by atoms with Crippen molar-refractivity contribution in [1.29, 1.82) is 0 Å². The summed E-state index contributed by atoms with van der Waals surface area (Å²) in [6.07, 6.45) is 1.36. The SMILES string of the molecule is CCCC(=O)Nc1cccc2n[nH]nc12. The highest BCUT2D eigenvalue weighted by molar-refractivity contribution is 5.98. The third kappa shape index (κ3) is 1.96. The second-order valence-electron chi connectivity index (χ2n) is 3.30. The lowest BCUT2D eigenvalue weighted by Crippen LogP contribution is -2.10. The Kier molecular flexibility index (Phi) is 2.62. The number of hydrogen-bond donors (Lipinski definition) is 2. The molecule has 5 heteroatoms. The molecule has 0 saturated heterocycles. The van der Waals surface area contributed by atoms with E-state index in [4.69, 9.17) is 0 Å². The number of amides is 1.